The largest absolute Gasteiger partial charge is 0.383 e. The number of ether oxygens (including phenoxy) is 1. The maximum Gasteiger partial charge on any atom is 0.333 e. The Hall–Kier alpha value is -4.20. The Morgan fingerprint density at radius 3 is 2.63 bits per heavy atom. The first-order valence-electron chi connectivity index (χ1n) is 10.6. The van der Waals surface area contributed by atoms with E-state index in [1.165, 1.54) is 29.1 Å². The van der Waals surface area contributed by atoms with E-state index in [0.717, 1.165) is 10.1 Å². The van der Waals surface area contributed by atoms with Crippen molar-refractivity contribution in [1.29, 1.82) is 5.26 Å². The molecule has 2 aromatic carbocycles. The van der Waals surface area contributed by atoms with Gasteiger partial charge in [-0.1, -0.05) is 41.9 Å². The number of nitrogens with one attached hydrogen (secondary N) is 1. The van der Waals surface area contributed by atoms with Crippen molar-refractivity contribution in [1.82, 2.24) is 18.7 Å². The van der Waals surface area contributed by atoms with Crippen LogP contribution < -0.4 is 16.6 Å². The van der Waals surface area contributed by atoms with Gasteiger partial charge in [0, 0.05) is 19.3 Å². The fourth-order valence-corrected chi connectivity index (χ4v) is 3.90. The Labute approximate surface area is 204 Å². The van der Waals surface area contributed by atoms with E-state index in [1.54, 1.807) is 11.7 Å². The van der Waals surface area contributed by atoms with Crippen LogP contribution in [0.2, 0.25) is 5.02 Å². The fraction of sp³-hybridized carbons (Fsp3) is 0.208. The third-order valence-electron chi connectivity index (χ3n) is 5.38. The fourth-order valence-electron chi connectivity index (χ4n) is 3.67. The van der Waals surface area contributed by atoms with Crippen molar-refractivity contribution < 1.29 is 9.53 Å². The van der Waals surface area contributed by atoms with Crippen LogP contribution in [-0.4, -0.2) is 38.3 Å². The highest BCUT2D eigenvalue weighted by atomic mass is 35.5. The highest BCUT2D eigenvalue weighted by Crippen LogP contribution is 2.20. The lowest BCUT2D eigenvalue weighted by molar-refractivity contribution is -0.116. The molecule has 0 bridgehead atoms. The maximum absolute atomic E-state index is 13.4. The number of halogens is 1. The average molecular weight is 493 g/mol. The van der Waals surface area contributed by atoms with Crippen LogP contribution in [0.25, 0.3) is 11.2 Å². The molecule has 178 valence electrons. The van der Waals surface area contributed by atoms with Gasteiger partial charge in [-0.25, -0.2) is 14.3 Å². The molecule has 0 saturated heterocycles. The molecule has 0 atom stereocenters. The van der Waals surface area contributed by atoms with E-state index in [-0.39, 0.29) is 28.3 Å². The van der Waals surface area contributed by atoms with Gasteiger partial charge in [0.15, 0.2) is 11.2 Å². The van der Waals surface area contributed by atoms with Crippen molar-refractivity contribution in [2.45, 2.75) is 19.6 Å². The number of methoxy groups -OCH3 is 1. The molecular weight excluding hydrogens is 472 g/mol. The van der Waals surface area contributed by atoms with Gasteiger partial charge in [0.2, 0.25) is 5.91 Å². The molecule has 0 unspecified atom stereocenters. The first-order valence-corrected chi connectivity index (χ1v) is 11.0. The summed E-state index contributed by atoms with van der Waals surface area (Å²) in [7, 11) is 1.54. The molecule has 0 saturated carbocycles. The topological polar surface area (TPSA) is 124 Å². The zero-order valence-electron chi connectivity index (χ0n) is 18.8. The Bertz CT molecular complexity index is 1550. The summed E-state index contributed by atoms with van der Waals surface area (Å²) in [5.74, 6) is -0.599. The van der Waals surface area contributed by atoms with Crippen LogP contribution in [0.3, 0.4) is 0 Å². The molecule has 2 aromatic heterocycles. The van der Waals surface area contributed by atoms with Gasteiger partial charge in [-0.2, -0.15) is 5.26 Å². The van der Waals surface area contributed by atoms with Crippen molar-refractivity contribution in [3.63, 3.8) is 0 Å². The lowest BCUT2D eigenvalue weighted by atomic mass is 10.2. The van der Waals surface area contributed by atoms with Gasteiger partial charge in [-0.3, -0.25) is 14.2 Å². The van der Waals surface area contributed by atoms with Crippen molar-refractivity contribution in [2.75, 3.05) is 19.0 Å². The number of hydrogen-bond donors (Lipinski definition) is 1. The standard InChI is InChI=1S/C24H21ClN6O4/c1-35-10-9-29-15-27-22-21(29)23(33)31(24(34)30(22)13-16-5-3-2-4-6-16)14-20(32)28-18-8-7-17(12-26)19(25)11-18/h2-8,11,15H,9-10,13-14H2,1H3,(H,28,32). The molecule has 4 aromatic rings. The van der Waals surface area contributed by atoms with Gasteiger partial charge >= 0.3 is 5.69 Å². The SMILES string of the molecule is COCCn1cnc2c1c(=O)n(CC(=O)Nc1ccc(C#N)c(Cl)c1)c(=O)n2Cc1ccccc1. The van der Waals surface area contributed by atoms with Gasteiger partial charge in [0.25, 0.3) is 5.56 Å². The van der Waals surface area contributed by atoms with Crippen LogP contribution in [0.15, 0.2) is 64.4 Å². The Kier molecular flexibility index (Phi) is 7.10. The second-order valence-corrected chi connectivity index (χ2v) is 8.11. The monoisotopic (exact) mass is 492 g/mol. The van der Waals surface area contributed by atoms with Gasteiger partial charge in [-0.15, -0.1) is 0 Å². The molecule has 0 radical (unpaired) electrons. The van der Waals surface area contributed by atoms with Gasteiger partial charge in [0.05, 0.1) is 30.1 Å². The number of benzene rings is 2. The molecule has 0 fully saturated rings. The lowest BCUT2D eigenvalue weighted by Gasteiger charge is -2.13. The molecular formula is C24H21ClN6O4. The molecule has 0 spiro atoms. The molecule has 0 aliphatic rings. The maximum atomic E-state index is 13.4. The number of nitrogens with zero attached hydrogens (tertiary/aromatic N) is 5. The highest BCUT2D eigenvalue weighted by Gasteiger charge is 2.20. The Morgan fingerprint density at radius 1 is 1.17 bits per heavy atom. The molecule has 1 amide bonds. The zero-order chi connectivity index (χ0) is 24.9. The number of carbonyl (C=O) groups is 1. The lowest BCUT2D eigenvalue weighted by Crippen LogP contribution is -2.43. The predicted octanol–water partition coefficient (Wildman–Crippen LogP) is 2.22. The minimum Gasteiger partial charge on any atom is -0.383 e. The predicted molar refractivity (Wildman–Crippen MR) is 130 cm³/mol. The summed E-state index contributed by atoms with van der Waals surface area (Å²) in [5, 5.41) is 11.8. The first-order chi connectivity index (χ1) is 16.9. The first kappa shape index (κ1) is 23.9. The minimum atomic E-state index is -0.656. The summed E-state index contributed by atoms with van der Waals surface area (Å²) < 4.78 is 8.99. The summed E-state index contributed by atoms with van der Waals surface area (Å²) in [6.07, 6.45) is 1.48. The van der Waals surface area contributed by atoms with Crippen molar-refractivity contribution >= 4 is 34.4 Å². The van der Waals surface area contributed by atoms with Crippen molar-refractivity contribution in [2.24, 2.45) is 0 Å². The number of amides is 1. The van der Waals surface area contributed by atoms with Crippen LogP contribution in [-0.2, 0) is 29.2 Å². The van der Waals surface area contributed by atoms with Crippen LogP contribution in [0.1, 0.15) is 11.1 Å². The van der Waals surface area contributed by atoms with E-state index in [1.807, 2.05) is 36.4 Å². The summed E-state index contributed by atoms with van der Waals surface area (Å²) in [6, 6.07) is 15.6. The van der Waals surface area contributed by atoms with E-state index < -0.39 is 23.7 Å². The third kappa shape index (κ3) is 5.01. The molecule has 2 heterocycles. The van der Waals surface area contributed by atoms with Crippen molar-refractivity contribution in [3.8, 4) is 6.07 Å². The second kappa shape index (κ2) is 10.4. The summed E-state index contributed by atoms with van der Waals surface area (Å²) in [4.78, 5) is 43.8. The molecule has 0 aliphatic heterocycles. The van der Waals surface area contributed by atoms with E-state index >= 15 is 0 Å². The third-order valence-corrected chi connectivity index (χ3v) is 5.69. The minimum absolute atomic E-state index is 0.171. The van der Waals surface area contributed by atoms with Crippen LogP contribution in [0.5, 0.6) is 0 Å². The molecule has 35 heavy (non-hydrogen) atoms. The van der Waals surface area contributed by atoms with Gasteiger partial charge < -0.3 is 14.6 Å². The number of imidazole rings is 1. The Morgan fingerprint density at radius 2 is 1.94 bits per heavy atom. The second-order valence-electron chi connectivity index (χ2n) is 7.70. The molecule has 10 nitrogen and oxygen atoms in total. The number of fused-ring (bicyclic) bond motifs is 1. The van der Waals surface area contributed by atoms with E-state index in [0.29, 0.717) is 18.8 Å². The highest BCUT2D eigenvalue weighted by molar-refractivity contribution is 6.32. The average Bonchev–Trinajstić information content (AvgIpc) is 3.28. The van der Waals surface area contributed by atoms with Crippen LogP contribution in [0.4, 0.5) is 5.69 Å². The van der Waals surface area contributed by atoms with Gasteiger partial charge in [0.1, 0.15) is 12.6 Å². The summed E-state index contributed by atoms with van der Waals surface area (Å²) >= 11 is 6.03. The number of hydrogen-bond acceptors (Lipinski definition) is 6. The van der Waals surface area contributed by atoms with Crippen LogP contribution in [0, 0.1) is 11.3 Å². The molecule has 4 rings (SSSR count). The number of nitriles is 1. The zero-order valence-corrected chi connectivity index (χ0v) is 19.5. The quantitative estimate of drug-likeness (QED) is 0.402. The number of carbonyl (C=O) groups excluding carboxylic acids is 1. The molecule has 1 N–H and O–H groups in total. The van der Waals surface area contributed by atoms with E-state index in [9.17, 15) is 14.4 Å². The van der Waals surface area contributed by atoms with Gasteiger partial charge in [-0.05, 0) is 23.8 Å². The van der Waals surface area contributed by atoms with Crippen LogP contribution >= 0.6 is 11.6 Å². The summed E-state index contributed by atoms with van der Waals surface area (Å²) in [5.41, 5.74) is 0.584. The number of aromatic nitrogens is 4. The Balaban J connectivity index is 1.75. The number of rotatable bonds is 8. The normalized spacial score (nSPS) is 10.9. The van der Waals surface area contributed by atoms with Crippen molar-refractivity contribution in [3.05, 3.63) is 91.8 Å². The number of anilines is 1. The molecule has 0 aliphatic carbocycles. The summed E-state index contributed by atoms with van der Waals surface area (Å²) in [6.45, 7) is 0.338. The smallest absolute Gasteiger partial charge is 0.333 e. The molecule has 11 heteroatoms. The van der Waals surface area contributed by atoms with E-state index in [2.05, 4.69) is 10.3 Å². The van der Waals surface area contributed by atoms with E-state index in [4.69, 9.17) is 21.6 Å².